The maximum Gasteiger partial charge on any atom is 0.416 e. The number of nitrogens with one attached hydrogen (secondary N) is 1. The predicted molar refractivity (Wildman–Crippen MR) is 103 cm³/mol. The standard InChI is InChI=1S/C20H22ClF3N2O3/c1-19(2,3)29-18(28)26-15(17(27)13-6-9-16(21)25-11-13)10-12-4-7-14(8-5-12)20(22,23)24/h4-9,11,15,17,27H,10H2,1-3H3,(H,26,28). The lowest BCUT2D eigenvalue weighted by Gasteiger charge is -2.27. The number of rotatable bonds is 5. The number of pyridine rings is 1. The summed E-state index contributed by atoms with van der Waals surface area (Å²) in [6.07, 6.45) is -4.95. The van der Waals surface area contributed by atoms with E-state index in [9.17, 15) is 23.1 Å². The number of alkyl carbamates (subject to hydrolysis) is 1. The van der Waals surface area contributed by atoms with Crippen molar-refractivity contribution in [1.29, 1.82) is 0 Å². The fourth-order valence-corrected chi connectivity index (χ4v) is 2.69. The molecule has 1 amide bonds. The van der Waals surface area contributed by atoms with E-state index in [0.717, 1.165) is 12.1 Å². The first-order valence-corrected chi connectivity index (χ1v) is 9.18. The summed E-state index contributed by atoms with van der Waals surface area (Å²) in [5, 5.41) is 13.6. The Morgan fingerprint density at radius 3 is 2.28 bits per heavy atom. The molecule has 0 fully saturated rings. The molecule has 2 N–H and O–H groups in total. The monoisotopic (exact) mass is 430 g/mol. The van der Waals surface area contributed by atoms with Gasteiger partial charge >= 0.3 is 12.3 Å². The molecule has 2 unspecified atom stereocenters. The fraction of sp³-hybridized carbons (Fsp3) is 0.400. The molecule has 0 aliphatic rings. The highest BCUT2D eigenvalue weighted by Gasteiger charge is 2.31. The molecular weight excluding hydrogens is 409 g/mol. The van der Waals surface area contributed by atoms with Crippen LogP contribution in [0.3, 0.4) is 0 Å². The average molecular weight is 431 g/mol. The second-order valence-electron chi connectivity index (χ2n) is 7.51. The van der Waals surface area contributed by atoms with Crippen LogP contribution in [0.25, 0.3) is 0 Å². The van der Waals surface area contributed by atoms with Gasteiger partial charge in [-0.25, -0.2) is 9.78 Å². The van der Waals surface area contributed by atoms with Gasteiger partial charge in [0.05, 0.1) is 11.6 Å². The van der Waals surface area contributed by atoms with Crippen molar-refractivity contribution in [2.24, 2.45) is 0 Å². The van der Waals surface area contributed by atoms with Crippen LogP contribution >= 0.6 is 11.6 Å². The van der Waals surface area contributed by atoms with Gasteiger partial charge in [0.1, 0.15) is 16.9 Å². The summed E-state index contributed by atoms with van der Waals surface area (Å²) in [5.41, 5.74) is -0.641. The van der Waals surface area contributed by atoms with Crippen molar-refractivity contribution in [2.45, 2.75) is 51.1 Å². The zero-order valence-corrected chi connectivity index (χ0v) is 16.9. The summed E-state index contributed by atoms with van der Waals surface area (Å²) in [6.45, 7) is 5.07. The van der Waals surface area contributed by atoms with Crippen LogP contribution in [0.1, 0.15) is 43.6 Å². The van der Waals surface area contributed by atoms with Crippen molar-refractivity contribution in [1.82, 2.24) is 10.3 Å². The van der Waals surface area contributed by atoms with Crippen LogP contribution < -0.4 is 5.32 Å². The lowest BCUT2D eigenvalue weighted by Crippen LogP contribution is -2.43. The number of alkyl halides is 3. The first-order chi connectivity index (χ1) is 13.3. The van der Waals surface area contributed by atoms with E-state index in [4.69, 9.17) is 16.3 Å². The molecule has 1 heterocycles. The van der Waals surface area contributed by atoms with Gasteiger partial charge in [0.15, 0.2) is 0 Å². The lowest BCUT2D eigenvalue weighted by molar-refractivity contribution is -0.137. The van der Waals surface area contributed by atoms with Crippen molar-refractivity contribution in [3.63, 3.8) is 0 Å². The molecule has 9 heteroatoms. The third-order valence-corrected chi connectivity index (χ3v) is 4.14. The van der Waals surface area contributed by atoms with Gasteiger partial charge < -0.3 is 15.2 Å². The zero-order chi connectivity index (χ0) is 21.8. The van der Waals surface area contributed by atoms with E-state index in [1.54, 1.807) is 26.8 Å². The third-order valence-electron chi connectivity index (χ3n) is 3.91. The van der Waals surface area contributed by atoms with E-state index in [0.29, 0.717) is 11.1 Å². The number of hydrogen-bond donors (Lipinski definition) is 2. The van der Waals surface area contributed by atoms with Gasteiger partial charge in [-0.3, -0.25) is 0 Å². The molecule has 0 aliphatic heterocycles. The van der Waals surface area contributed by atoms with Gasteiger partial charge in [0, 0.05) is 11.8 Å². The number of halogens is 4. The number of aromatic nitrogens is 1. The number of aliphatic hydroxyl groups excluding tert-OH is 1. The van der Waals surface area contributed by atoms with Crippen molar-refractivity contribution < 1.29 is 27.8 Å². The van der Waals surface area contributed by atoms with E-state index in [1.165, 1.54) is 24.4 Å². The summed E-state index contributed by atoms with van der Waals surface area (Å²) < 4.78 is 43.5. The van der Waals surface area contributed by atoms with Gasteiger partial charge in [0.25, 0.3) is 0 Å². The summed E-state index contributed by atoms with van der Waals surface area (Å²) in [5.74, 6) is 0. The van der Waals surface area contributed by atoms with Gasteiger partial charge in [-0.05, 0) is 51.0 Å². The summed E-state index contributed by atoms with van der Waals surface area (Å²) in [7, 11) is 0. The van der Waals surface area contributed by atoms with Crippen LogP contribution in [0.5, 0.6) is 0 Å². The molecule has 0 saturated heterocycles. The summed E-state index contributed by atoms with van der Waals surface area (Å²) in [4.78, 5) is 16.1. The van der Waals surface area contributed by atoms with Crippen LogP contribution in [0.4, 0.5) is 18.0 Å². The van der Waals surface area contributed by atoms with Crippen LogP contribution in [0.15, 0.2) is 42.6 Å². The molecule has 2 aromatic rings. The van der Waals surface area contributed by atoms with Gasteiger partial charge in [-0.1, -0.05) is 29.8 Å². The Kier molecular flexibility index (Phi) is 7.13. The first kappa shape index (κ1) is 23.0. The minimum Gasteiger partial charge on any atom is -0.444 e. The maximum absolute atomic E-state index is 12.8. The first-order valence-electron chi connectivity index (χ1n) is 8.80. The van der Waals surface area contributed by atoms with Gasteiger partial charge in [-0.2, -0.15) is 13.2 Å². The van der Waals surface area contributed by atoms with Crippen LogP contribution in [0, 0.1) is 0 Å². The Morgan fingerprint density at radius 1 is 1.17 bits per heavy atom. The predicted octanol–water partition coefficient (Wildman–Crippen LogP) is 4.92. The van der Waals surface area contributed by atoms with Crippen LogP contribution in [-0.2, 0) is 17.3 Å². The van der Waals surface area contributed by atoms with E-state index in [2.05, 4.69) is 10.3 Å². The fourth-order valence-electron chi connectivity index (χ4n) is 2.58. The van der Waals surface area contributed by atoms with Crippen molar-refractivity contribution >= 4 is 17.7 Å². The highest BCUT2D eigenvalue weighted by Crippen LogP contribution is 2.29. The molecule has 2 atom stereocenters. The van der Waals surface area contributed by atoms with Crippen LogP contribution in [-0.4, -0.2) is 27.8 Å². The van der Waals surface area contributed by atoms with E-state index in [1.807, 2.05) is 0 Å². The normalized spacial score (nSPS) is 14.2. The van der Waals surface area contributed by atoms with E-state index >= 15 is 0 Å². The number of aliphatic hydroxyl groups is 1. The second-order valence-corrected chi connectivity index (χ2v) is 7.90. The SMILES string of the molecule is CC(C)(C)OC(=O)NC(Cc1ccc(C(F)(F)F)cc1)C(O)c1ccc(Cl)nc1. The Hall–Kier alpha value is -2.32. The molecule has 158 valence electrons. The minimum atomic E-state index is -4.44. The zero-order valence-electron chi connectivity index (χ0n) is 16.1. The molecule has 0 aliphatic carbocycles. The van der Waals surface area contributed by atoms with Crippen molar-refractivity contribution in [3.05, 3.63) is 64.4 Å². The molecule has 29 heavy (non-hydrogen) atoms. The largest absolute Gasteiger partial charge is 0.444 e. The number of nitrogens with zero attached hydrogens (tertiary/aromatic N) is 1. The number of carbonyl (C=O) groups is 1. The van der Waals surface area contributed by atoms with Crippen molar-refractivity contribution in [2.75, 3.05) is 0 Å². The molecule has 1 aromatic heterocycles. The number of ether oxygens (including phenoxy) is 1. The van der Waals surface area contributed by atoms with Crippen molar-refractivity contribution in [3.8, 4) is 0 Å². The Morgan fingerprint density at radius 2 is 1.79 bits per heavy atom. The molecule has 0 bridgehead atoms. The summed E-state index contributed by atoms with van der Waals surface area (Å²) >= 11 is 5.76. The van der Waals surface area contributed by atoms with E-state index < -0.39 is 35.6 Å². The van der Waals surface area contributed by atoms with Gasteiger partial charge in [-0.15, -0.1) is 0 Å². The average Bonchev–Trinajstić information content (AvgIpc) is 2.59. The van der Waals surface area contributed by atoms with Gasteiger partial charge in [0.2, 0.25) is 0 Å². The smallest absolute Gasteiger partial charge is 0.416 e. The molecular formula is C20H22ClF3N2O3. The Labute approximate surface area is 171 Å². The lowest BCUT2D eigenvalue weighted by atomic mass is 9.96. The highest BCUT2D eigenvalue weighted by molar-refractivity contribution is 6.29. The van der Waals surface area contributed by atoms with E-state index in [-0.39, 0.29) is 11.6 Å². The molecule has 0 saturated carbocycles. The quantitative estimate of drug-likeness (QED) is 0.660. The number of amides is 1. The molecule has 2 rings (SSSR count). The maximum atomic E-state index is 12.8. The molecule has 0 radical (unpaired) electrons. The number of carbonyl (C=O) groups excluding carboxylic acids is 1. The highest BCUT2D eigenvalue weighted by atomic mass is 35.5. The van der Waals surface area contributed by atoms with Crippen LogP contribution in [0.2, 0.25) is 5.15 Å². The summed E-state index contributed by atoms with van der Waals surface area (Å²) in [6, 6.07) is 6.69. The molecule has 1 aromatic carbocycles. The Balaban J connectivity index is 2.23. The molecule has 5 nitrogen and oxygen atoms in total. The third kappa shape index (κ3) is 7.21. The number of benzene rings is 1. The molecule has 0 spiro atoms. The topological polar surface area (TPSA) is 71.5 Å². The Bertz CT molecular complexity index is 819. The second kappa shape index (κ2) is 9.00. The number of hydrogen-bond acceptors (Lipinski definition) is 4. The minimum absolute atomic E-state index is 0.0706.